The van der Waals surface area contributed by atoms with Gasteiger partial charge in [-0.2, -0.15) is 0 Å². The minimum absolute atomic E-state index is 0.0265. The van der Waals surface area contributed by atoms with E-state index in [1.165, 1.54) is 6.07 Å². The summed E-state index contributed by atoms with van der Waals surface area (Å²) in [6.07, 6.45) is 3.94. The van der Waals surface area contributed by atoms with Gasteiger partial charge in [-0.15, -0.1) is 0 Å². The molecular weight excluding hydrogens is 820 g/mol. The number of halogens is 4. The Morgan fingerprint density at radius 3 is 2.45 bits per heavy atom. The number of benzene rings is 3. The van der Waals surface area contributed by atoms with Crippen LogP contribution in [0.5, 0.6) is 0 Å². The summed E-state index contributed by atoms with van der Waals surface area (Å²) in [5, 5.41) is 22.3. The molecule has 0 radical (unpaired) electrons. The fourth-order valence-corrected chi connectivity index (χ4v) is 9.78. The number of carbonyl (C=O) groups is 1. The molecule has 1 atom stereocenters. The number of alkyl halides is 3. The quantitative estimate of drug-likeness (QED) is 0.0627. The Balaban J connectivity index is 1.80. The second kappa shape index (κ2) is 14.9. The number of unbranched alkanes of at least 4 members (excludes halogenated alkanes) is 1. The fourth-order valence-electron chi connectivity index (χ4n) is 4.06. The van der Waals surface area contributed by atoms with Crippen LogP contribution in [0.3, 0.4) is 0 Å². The summed E-state index contributed by atoms with van der Waals surface area (Å²) in [5.74, 6) is -0.330. The van der Waals surface area contributed by atoms with E-state index in [1.54, 1.807) is 18.2 Å². The van der Waals surface area contributed by atoms with Gasteiger partial charge in [0.05, 0.1) is 0 Å². The van der Waals surface area contributed by atoms with Crippen LogP contribution in [0.25, 0.3) is 11.1 Å². The van der Waals surface area contributed by atoms with Gasteiger partial charge in [0, 0.05) is 0 Å². The van der Waals surface area contributed by atoms with E-state index < -0.39 is 19.8 Å². The van der Waals surface area contributed by atoms with Crippen LogP contribution in [-0.4, -0.2) is 19.6 Å². The molecule has 3 rings (SSSR count). The molecule has 3 aromatic rings. The summed E-state index contributed by atoms with van der Waals surface area (Å²) in [5.41, 5.74) is 3.61. The average Bonchev–Trinajstić information content (AvgIpc) is 2.88. The normalized spacial score (nSPS) is 12.5. The molecule has 8 heteroatoms. The van der Waals surface area contributed by atoms with Gasteiger partial charge in [0.15, 0.2) is 0 Å². The first-order chi connectivity index (χ1) is 18.1. The van der Waals surface area contributed by atoms with Crippen molar-refractivity contribution in [1.82, 2.24) is 0 Å². The molecule has 2 N–H and O–H groups in total. The van der Waals surface area contributed by atoms with E-state index in [4.69, 9.17) is 0 Å². The maximum atomic E-state index is 14.8. The van der Waals surface area contributed by atoms with E-state index in [2.05, 4.69) is 63.5 Å². The summed E-state index contributed by atoms with van der Waals surface area (Å²) in [7, 11) is 0. The number of hydrogen-bond acceptors (Lipinski definition) is 3. The molecule has 38 heavy (non-hydrogen) atoms. The van der Waals surface area contributed by atoms with Crippen molar-refractivity contribution < 1.29 is 14.3 Å². The predicted octanol–water partition coefficient (Wildman–Crippen LogP) is 9.65. The van der Waals surface area contributed by atoms with Gasteiger partial charge >= 0.3 is 262 Å². The van der Waals surface area contributed by atoms with Crippen molar-refractivity contribution >= 4 is 74.6 Å². The van der Waals surface area contributed by atoms with Crippen molar-refractivity contribution in [1.29, 1.82) is 5.26 Å². The summed E-state index contributed by atoms with van der Waals surface area (Å²) in [6, 6.07) is 22.6. The molecule has 4 nitrogen and oxygen atoms in total. The first-order valence-corrected chi connectivity index (χ1v) is 18.4. The van der Waals surface area contributed by atoms with E-state index in [0.29, 0.717) is 16.8 Å². The number of aliphatic hydroxyl groups excluding tert-OH is 1. The summed E-state index contributed by atoms with van der Waals surface area (Å²) in [4.78, 5) is 13.5. The Hall–Kier alpha value is -1.30. The summed E-state index contributed by atoms with van der Waals surface area (Å²) < 4.78 is 16.2. The second-order valence-electron chi connectivity index (χ2n) is 9.17. The summed E-state index contributed by atoms with van der Waals surface area (Å²) >= 11 is 2.03. The van der Waals surface area contributed by atoms with Crippen molar-refractivity contribution in [2.75, 3.05) is 9.74 Å². The summed E-state index contributed by atoms with van der Waals surface area (Å²) in [6.45, 7) is 4.00. The number of hydrogen-bond donors (Lipinski definition) is 2. The van der Waals surface area contributed by atoms with Gasteiger partial charge < -0.3 is 0 Å². The first kappa shape index (κ1) is 31.2. The number of nitriles is 1. The zero-order valence-electron chi connectivity index (χ0n) is 21.5. The van der Waals surface area contributed by atoms with E-state index in [0.717, 1.165) is 51.2 Å². The van der Waals surface area contributed by atoms with E-state index in [-0.39, 0.29) is 17.3 Å². The first-order valence-electron chi connectivity index (χ1n) is 12.6. The number of carbonyl (C=O) groups excluding carboxylic acids is 1. The monoisotopic (exact) mass is 852 g/mol. The van der Waals surface area contributed by atoms with E-state index >= 15 is 0 Å². The molecule has 202 valence electrons. The van der Waals surface area contributed by atoms with E-state index in [9.17, 15) is 19.6 Å². The zero-order valence-corrected chi connectivity index (χ0v) is 28.0. The van der Waals surface area contributed by atoms with Crippen LogP contribution in [0.4, 0.5) is 14.9 Å². The molecule has 0 bridgehead atoms. The third-order valence-electron chi connectivity index (χ3n) is 6.06. The molecule has 0 fully saturated rings. The third kappa shape index (κ3) is 9.13. The molecule has 3 aromatic carbocycles. The number of nitrogens with zero attached hydrogens (tertiary/aromatic N) is 1. The fraction of sp³-hybridized carbons (Fsp3) is 0.333. The van der Waals surface area contributed by atoms with Crippen LogP contribution >= 0.6 is 65.0 Å². The van der Waals surface area contributed by atoms with Gasteiger partial charge in [0.2, 0.25) is 0 Å². The van der Waals surface area contributed by atoms with Crippen LogP contribution < -0.4 is 5.32 Å². The topological polar surface area (TPSA) is 73.1 Å². The van der Waals surface area contributed by atoms with Gasteiger partial charge in [-0.3, -0.25) is 0 Å². The van der Waals surface area contributed by atoms with Gasteiger partial charge in [0.25, 0.3) is 0 Å². The van der Waals surface area contributed by atoms with Crippen LogP contribution in [0.1, 0.15) is 57.1 Å². The van der Waals surface area contributed by atoms with Crippen LogP contribution in [0.2, 0.25) is 0 Å². The van der Waals surface area contributed by atoms with Crippen LogP contribution in [0, 0.1) is 20.7 Å². The average molecular weight is 852 g/mol. The molecule has 1 amide bonds. The molecule has 0 saturated heterocycles. The molecule has 0 unspecified atom stereocenters. The minimum atomic E-state index is -2.36. The van der Waals surface area contributed by atoms with Crippen LogP contribution in [-0.2, 0) is 1.43 Å². The van der Waals surface area contributed by atoms with Gasteiger partial charge in [-0.1, -0.05) is 0 Å². The van der Waals surface area contributed by atoms with Crippen LogP contribution in [0.15, 0.2) is 66.7 Å². The van der Waals surface area contributed by atoms with Gasteiger partial charge in [0.1, 0.15) is 0 Å². The number of rotatable bonds is 12. The Kier molecular flexibility index (Phi) is 12.3. The predicted molar refractivity (Wildman–Crippen MR) is 180 cm³/mol. The van der Waals surface area contributed by atoms with Crippen molar-refractivity contribution in [3.63, 3.8) is 0 Å². The molecule has 0 aliphatic heterocycles. The number of anilines is 1. The number of aliphatic hydroxyl groups is 1. The molecule has 0 aromatic heterocycles. The van der Waals surface area contributed by atoms with E-state index in [1.807, 2.05) is 49.4 Å². The van der Waals surface area contributed by atoms with Crippen molar-refractivity contribution in [2.45, 2.75) is 53.5 Å². The Bertz CT molecular complexity index is 1270. The maximum absolute atomic E-state index is 14.8. The molecule has 0 aliphatic rings. The SMILES string of the molecule is CCC[C@@H](O)CCCCI(C(=O)Nc1ccc(C(C)(I)I)c(F)c1)c1ccc(-c2cccc(C#N)c2)cc1. The second-order valence-corrected chi connectivity index (χ2v) is 20.9. The Labute approximate surface area is 259 Å². The molecule has 0 aliphatic carbocycles. The van der Waals surface area contributed by atoms with Gasteiger partial charge in [-0.25, -0.2) is 0 Å². The molecule has 0 spiro atoms. The Morgan fingerprint density at radius 1 is 1.08 bits per heavy atom. The molecule has 0 heterocycles. The van der Waals surface area contributed by atoms with Crippen molar-refractivity contribution in [3.8, 4) is 17.2 Å². The third-order valence-corrected chi connectivity index (χ3v) is 12.7. The van der Waals surface area contributed by atoms with Gasteiger partial charge in [-0.05, 0) is 0 Å². The van der Waals surface area contributed by atoms with Crippen molar-refractivity contribution in [3.05, 3.63) is 87.2 Å². The Morgan fingerprint density at radius 2 is 1.82 bits per heavy atom. The number of amides is 1. The standard InChI is InChI=1S/C30H32FI3N2O2/c1-3-7-26(37)10-4-5-17-34(29(38)36-25-15-16-27(28(31)19-25)30(2,32)33)24-13-11-22(12-14-24)23-9-6-8-21(18-23)20-35/h6,8-9,11-16,18-19,26,37H,3-5,7,10,17H2,1-2H3,(H,36,38)/t26-/m1/s1. The zero-order chi connectivity index (χ0) is 27.7. The molecular formula is C30H32FI3N2O2. The number of nitrogens with one attached hydrogen (secondary N) is 1. The molecule has 0 saturated carbocycles. The van der Waals surface area contributed by atoms with Crippen molar-refractivity contribution in [2.24, 2.45) is 0 Å².